The van der Waals surface area contributed by atoms with Crippen LogP contribution in [0.15, 0.2) is 42.6 Å². The molecule has 0 atom stereocenters. The van der Waals surface area contributed by atoms with E-state index in [-0.39, 0.29) is 18.9 Å². The van der Waals surface area contributed by atoms with Crippen molar-refractivity contribution in [1.29, 1.82) is 0 Å². The molecule has 1 aromatic carbocycles. The number of hydrogen-bond acceptors (Lipinski definition) is 1. The first-order valence-corrected chi connectivity index (χ1v) is 7.65. The SMILES string of the molecule is CC(=[NH+]c1c(C(C)C)cccc1C(C)C)c1ccccn1.[Li+]. The molecule has 2 aromatic rings. The summed E-state index contributed by atoms with van der Waals surface area (Å²) in [6.45, 7) is 11.0. The Hall–Kier alpha value is -1.36. The van der Waals surface area contributed by atoms with Crippen molar-refractivity contribution in [2.45, 2.75) is 46.5 Å². The molecular formula is C19H25LiN2+2. The summed E-state index contributed by atoms with van der Waals surface area (Å²) >= 11 is 0. The van der Waals surface area contributed by atoms with Crippen LogP contribution >= 0.6 is 0 Å². The number of hydrogen-bond donors (Lipinski definition) is 1. The Balaban J connectivity index is 0.00000242. The Bertz CT molecular complexity index is 605. The van der Waals surface area contributed by atoms with Gasteiger partial charge >= 0.3 is 18.9 Å². The van der Waals surface area contributed by atoms with Gasteiger partial charge in [-0.15, -0.1) is 0 Å². The van der Waals surface area contributed by atoms with Gasteiger partial charge in [0.2, 0.25) is 11.4 Å². The van der Waals surface area contributed by atoms with Gasteiger partial charge in [0.1, 0.15) is 5.69 Å². The van der Waals surface area contributed by atoms with Crippen molar-refractivity contribution in [2.24, 2.45) is 0 Å². The minimum atomic E-state index is 0. The fraction of sp³-hybridized carbons (Fsp3) is 0.368. The van der Waals surface area contributed by atoms with Crippen LogP contribution in [0.5, 0.6) is 0 Å². The molecule has 1 heterocycles. The Labute approximate surface area is 146 Å². The Morgan fingerprint density at radius 2 is 1.50 bits per heavy atom. The fourth-order valence-corrected chi connectivity index (χ4v) is 2.53. The van der Waals surface area contributed by atoms with Crippen LogP contribution < -0.4 is 23.9 Å². The average Bonchev–Trinajstić information content (AvgIpc) is 2.47. The van der Waals surface area contributed by atoms with Crippen LogP contribution in [0.1, 0.15) is 63.3 Å². The summed E-state index contributed by atoms with van der Waals surface area (Å²) in [5.74, 6) is 0.977. The van der Waals surface area contributed by atoms with Crippen LogP contribution in [0.4, 0.5) is 5.69 Å². The second-order valence-electron chi connectivity index (χ2n) is 6.09. The number of aromatic nitrogens is 1. The maximum atomic E-state index is 4.42. The zero-order valence-corrected chi connectivity index (χ0v) is 14.6. The van der Waals surface area contributed by atoms with E-state index in [9.17, 15) is 0 Å². The van der Waals surface area contributed by atoms with Gasteiger partial charge in [-0.05, 0) is 24.0 Å². The molecular weight excluding hydrogens is 263 g/mol. The third kappa shape index (κ3) is 4.32. The summed E-state index contributed by atoms with van der Waals surface area (Å²) < 4.78 is 0. The van der Waals surface area contributed by atoms with Crippen LogP contribution in [0.25, 0.3) is 0 Å². The number of nitrogens with one attached hydrogen (secondary N) is 1. The molecule has 0 aliphatic rings. The van der Waals surface area contributed by atoms with Crippen LogP contribution in [-0.4, -0.2) is 10.7 Å². The van der Waals surface area contributed by atoms with E-state index in [1.165, 1.54) is 16.8 Å². The second-order valence-corrected chi connectivity index (χ2v) is 6.09. The van der Waals surface area contributed by atoms with Crippen molar-refractivity contribution in [3.8, 4) is 0 Å². The summed E-state index contributed by atoms with van der Waals surface area (Å²) in [4.78, 5) is 8.04. The van der Waals surface area contributed by atoms with Gasteiger partial charge in [-0.2, -0.15) is 0 Å². The van der Waals surface area contributed by atoms with Gasteiger partial charge in [0.25, 0.3) is 0 Å². The minimum absolute atomic E-state index is 0. The molecule has 0 aliphatic carbocycles. The smallest absolute Gasteiger partial charge is 0.250 e. The van der Waals surface area contributed by atoms with Gasteiger partial charge in [0.15, 0.2) is 0 Å². The van der Waals surface area contributed by atoms with Crippen molar-refractivity contribution in [3.05, 3.63) is 59.4 Å². The summed E-state index contributed by atoms with van der Waals surface area (Å²) in [7, 11) is 0. The predicted octanol–water partition coefficient (Wildman–Crippen LogP) is 0.554. The fourth-order valence-electron chi connectivity index (χ4n) is 2.53. The van der Waals surface area contributed by atoms with Gasteiger partial charge in [-0.25, -0.2) is 4.99 Å². The molecule has 0 radical (unpaired) electrons. The molecule has 22 heavy (non-hydrogen) atoms. The summed E-state index contributed by atoms with van der Waals surface area (Å²) in [6, 6.07) is 12.6. The quantitative estimate of drug-likeness (QED) is 0.646. The van der Waals surface area contributed by atoms with Gasteiger partial charge in [-0.1, -0.05) is 52.0 Å². The number of pyridine rings is 1. The van der Waals surface area contributed by atoms with E-state index < -0.39 is 0 Å². The summed E-state index contributed by atoms with van der Waals surface area (Å²) in [5.41, 5.74) is 6.04. The molecule has 0 fully saturated rings. The zero-order chi connectivity index (χ0) is 15.4. The molecule has 2 nitrogen and oxygen atoms in total. The first kappa shape index (κ1) is 18.7. The standard InChI is InChI=1S/C19H24N2.Li/c1-13(2)16-9-8-10-17(14(3)4)19(16)21-15(5)18-11-6-7-12-20-18;/h6-14H,1-5H3;/q;+1/p+1. The van der Waals surface area contributed by atoms with E-state index >= 15 is 0 Å². The predicted molar refractivity (Wildman–Crippen MR) is 89.3 cm³/mol. The topological polar surface area (TPSA) is 26.9 Å². The van der Waals surface area contributed by atoms with E-state index in [1.54, 1.807) is 0 Å². The van der Waals surface area contributed by atoms with Crippen molar-refractivity contribution in [1.82, 2.24) is 4.98 Å². The normalized spacial score (nSPS) is 11.7. The number of nitrogens with zero attached hydrogens (tertiary/aromatic N) is 1. The summed E-state index contributed by atoms with van der Waals surface area (Å²) in [5, 5.41) is 0. The Morgan fingerprint density at radius 3 is 1.95 bits per heavy atom. The molecule has 0 amide bonds. The van der Waals surface area contributed by atoms with Crippen LogP contribution in [-0.2, 0) is 0 Å². The number of rotatable bonds is 4. The molecule has 0 spiro atoms. The molecule has 0 aliphatic heterocycles. The number of para-hydroxylation sites is 1. The zero-order valence-electron chi connectivity index (χ0n) is 14.6. The van der Waals surface area contributed by atoms with Crippen LogP contribution in [0.2, 0.25) is 0 Å². The van der Waals surface area contributed by atoms with E-state index in [2.05, 4.69) is 62.8 Å². The Morgan fingerprint density at radius 1 is 0.909 bits per heavy atom. The second kappa shape index (κ2) is 8.32. The molecule has 1 aromatic heterocycles. The molecule has 1 N–H and O–H groups in total. The van der Waals surface area contributed by atoms with Gasteiger partial charge in [0.05, 0.1) is 0 Å². The first-order valence-electron chi connectivity index (χ1n) is 7.65. The van der Waals surface area contributed by atoms with Crippen LogP contribution in [0, 0.1) is 0 Å². The molecule has 110 valence electrons. The third-order valence-electron chi connectivity index (χ3n) is 3.73. The van der Waals surface area contributed by atoms with Gasteiger partial charge < -0.3 is 0 Å². The van der Waals surface area contributed by atoms with Gasteiger partial charge in [0, 0.05) is 24.2 Å². The molecule has 0 bridgehead atoms. The molecule has 0 saturated carbocycles. The number of benzene rings is 1. The summed E-state index contributed by atoms with van der Waals surface area (Å²) in [6.07, 6.45) is 1.83. The molecule has 0 saturated heterocycles. The molecule has 0 unspecified atom stereocenters. The van der Waals surface area contributed by atoms with E-state index in [0.717, 1.165) is 11.4 Å². The van der Waals surface area contributed by atoms with Gasteiger partial charge in [-0.3, -0.25) is 4.98 Å². The van der Waals surface area contributed by atoms with E-state index in [1.807, 2.05) is 24.4 Å². The maximum Gasteiger partial charge on any atom is 1.00 e. The minimum Gasteiger partial charge on any atom is -0.250 e. The third-order valence-corrected chi connectivity index (χ3v) is 3.73. The average molecular weight is 288 g/mol. The molecule has 3 heteroatoms. The monoisotopic (exact) mass is 288 g/mol. The van der Waals surface area contributed by atoms with E-state index in [4.69, 9.17) is 0 Å². The maximum absolute atomic E-state index is 4.42. The van der Waals surface area contributed by atoms with Crippen molar-refractivity contribution in [3.63, 3.8) is 0 Å². The van der Waals surface area contributed by atoms with Crippen LogP contribution in [0.3, 0.4) is 0 Å². The molecule has 2 rings (SSSR count). The van der Waals surface area contributed by atoms with Crippen molar-refractivity contribution >= 4 is 11.4 Å². The largest absolute Gasteiger partial charge is 1.00 e. The van der Waals surface area contributed by atoms with Crippen molar-refractivity contribution < 1.29 is 23.9 Å². The van der Waals surface area contributed by atoms with E-state index in [0.29, 0.717) is 11.8 Å². The first-order chi connectivity index (χ1) is 10.0. The van der Waals surface area contributed by atoms with Crippen molar-refractivity contribution in [2.75, 3.05) is 0 Å². The Kier molecular flexibility index (Phi) is 7.06.